The minimum absolute atomic E-state index is 0.343. The van der Waals surface area contributed by atoms with Crippen LogP contribution in [-0.4, -0.2) is 22.7 Å². The molecule has 1 fully saturated rings. The lowest BCUT2D eigenvalue weighted by Crippen LogP contribution is -2.31. The van der Waals surface area contributed by atoms with Crippen LogP contribution in [0.2, 0.25) is 0 Å². The van der Waals surface area contributed by atoms with Crippen LogP contribution in [0.5, 0.6) is 0 Å². The van der Waals surface area contributed by atoms with Crippen molar-refractivity contribution in [3.05, 3.63) is 24.0 Å². The van der Waals surface area contributed by atoms with Crippen LogP contribution in [0.3, 0.4) is 0 Å². The summed E-state index contributed by atoms with van der Waals surface area (Å²) in [6.45, 7) is 5.14. The molecule has 1 N–H and O–H groups in total. The van der Waals surface area contributed by atoms with E-state index in [1.807, 2.05) is 13.0 Å². The van der Waals surface area contributed by atoms with Gasteiger partial charge in [0.15, 0.2) is 0 Å². The van der Waals surface area contributed by atoms with Crippen molar-refractivity contribution in [2.24, 2.45) is 0 Å². The molecular weight excluding hydrogens is 254 g/mol. The van der Waals surface area contributed by atoms with E-state index >= 15 is 0 Å². The molecule has 0 aliphatic heterocycles. The van der Waals surface area contributed by atoms with Gasteiger partial charge in [0.2, 0.25) is 11.7 Å². The van der Waals surface area contributed by atoms with Crippen molar-refractivity contribution >= 4 is 0 Å². The van der Waals surface area contributed by atoms with Gasteiger partial charge >= 0.3 is 0 Å². The van der Waals surface area contributed by atoms with Crippen LogP contribution in [0.15, 0.2) is 21.3 Å². The van der Waals surface area contributed by atoms with E-state index in [-0.39, 0.29) is 0 Å². The first-order chi connectivity index (χ1) is 9.79. The Morgan fingerprint density at radius 3 is 3.05 bits per heavy atom. The number of rotatable bonds is 5. The van der Waals surface area contributed by atoms with Gasteiger partial charge in [-0.3, -0.25) is 0 Å². The molecule has 2 unspecified atom stereocenters. The number of aryl methyl sites for hydroxylation is 1. The lowest BCUT2D eigenvalue weighted by molar-refractivity contribution is 0.330. The zero-order valence-electron chi connectivity index (χ0n) is 12.1. The van der Waals surface area contributed by atoms with Gasteiger partial charge in [-0.25, -0.2) is 0 Å². The summed E-state index contributed by atoms with van der Waals surface area (Å²) >= 11 is 0. The Bertz CT molecular complexity index is 561. The van der Waals surface area contributed by atoms with Gasteiger partial charge in [0, 0.05) is 6.04 Å². The number of hydrogen-bond acceptors (Lipinski definition) is 5. The number of hydrogen-bond donors (Lipinski definition) is 1. The minimum Gasteiger partial charge on any atom is -0.469 e. The van der Waals surface area contributed by atoms with Crippen molar-refractivity contribution < 1.29 is 8.94 Å². The Morgan fingerprint density at radius 2 is 2.30 bits per heavy atom. The van der Waals surface area contributed by atoms with Gasteiger partial charge in [-0.1, -0.05) is 18.5 Å². The topological polar surface area (TPSA) is 64.1 Å². The SMILES string of the molecule is CCCNC1CCCC1c1nc(-c2ccoc2C)no1. The van der Waals surface area contributed by atoms with Gasteiger partial charge < -0.3 is 14.3 Å². The summed E-state index contributed by atoms with van der Waals surface area (Å²) in [6, 6.07) is 2.35. The molecule has 0 radical (unpaired) electrons. The van der Waals surface area contributed by atoms with E-state index in [4.69, 9.17) is 8.94 Å². The van der Waals surface area contributed by atoms with Crippen molar-refractivity contribution in [3.63, 3.8) is 0 Å². The van der Waals surface area contributed by atoms with E-state index in [0.717, 1.165) is 36.6 Å². The molecule has 5 nitrogen and oxygen atoms in total. The lowest BCUT2D eigenvalue weighted by atomic mass is 10.0. The number of furan rings is 1. The highest BCUT2D eigenvalue weighted by Crippen LogP contribution is 2.34. The molecule has 0 aromatic carbocycles. The van der Waals surface area contributed by atoms with Crippen LogP contribution in [0.25, 0.3) is 11.4 Å². The summed E-state index contributed by atoms with van der Waals surface area (Å²) in [6.07, 6.45) is 6.32. The molecule has 1 aliphatic rings. The van der Waals surface area contributed by atoms with Gasteiger partial charge in [0.05, 0.1) is 17.7 Å². The Kier molecular flexibility index (Phi) is 3.87. The number of nitrogens with one attached hydrogen (secondary N) is 1. The molecule has 1 saturated carbocycles. The average Bonchev–Trinajstić information content (AvgIpc) is 3.15. The van der Waals surface area contributed by atoms with Gasteiger partial charge in [0.1, 0.15) is 5.76 Å². The predicted molar refractivity (Wildman–Crippen MR) is 75.4 cm³/mol. The maximum Gasteiger partial charge on any atom is 0.231 e. The molecule has 0 saturated heterocycles. The quantitative estimate of drug-likeness (QED) is 0.907. The van der Waals surface area contributed by atoms with E-state index in [1.165, 1.54) is 12.8 Å². The number of nitrogens with zero attached hydrogens (tertiary/aromatic N) is 2. The van der Waals surface area contributed by atoms with Gasteiger partial charge in [0.25, 0.3) is 0 Å². The largest absolute Gasteiger partial charge is 0.469 e. The summed E-state index contributed by atoms with van der Waals surface area (Å²) in [4.78, 5) is 4.58. The summed E-state index contributed by atoms with van der Waals surface area (Å²) < 4.78 is 10.8. The van der Waals surface area contributed by atoms with E-state index in [2.05, 4.69) is 22.4 Å². The molecule has 2 atom stereocenters. The van der Waals surface area contributed by atoms with Crippen LogP contribution in [0, 0.1) is 6.92 Å². The number of aromatic nitrogens is 2. The lowest BCUT2D eigenvalue weighted by Gasteiger charge is -2.17. The third-order valence-electron chi connectivity index (χ3n) is 4.03. The molecule has 20 heavy (non-hydrogen) atoms. The van der Waals surface area contributed by atoms with Gasteiger partial charge in [-0.15, -0.1) is 0 Å². The second-order valence-electron chi connectivity index (χ2n) is 5.44. The molecule has 2 heterocycles. The Hall–Kier alpha value is -1.62. The van der Waals surface area contributed by atoms with Crippen LogP contribution in [-0.2, 0) is 0 Å². The third kappa shape index (κ3) is 2.50. The molecule has 5 heteroatoms. The van der Waals surface area contributed by atoms with E-state index in [0.29, 0.717) is 17.8 Å². The molecule has 0 bridgehead atoms. The fraction of sp³-hybridized carbons (Fsp3) is 0.600. The van der Waals surface area contributed by atoms with Crippen molar-refractivity contribution in [2.75, 3.05) is 6.54 Å². The van der Waals surface area contributed by atoms with E-state index < -0.39 is 0 Å². The summed E-state index contributed by atoms with van der Waals surface area (Å²) in [5.41, 5.74) is 0.913. The first-order valence-electron chi connectivity index (χ1n) is 7.41. The van der Waals surface area contributed by atoms with Crippen molar-refractivity contribution in [3.8, 4) is 11.4 Å². The molecule has 1 aliphatic carbocycles. The highest BCUT2D eigenvalue weighted by Gasteiger charge is 2.32. The van der Waals surface area contributed by atoms with Gasteiger partial charge in [-0.2, -0.15) is 4.98 Å². The molecule has 108 valence electrons. The van der Waals surface area contributed by atoms with Crippen molar-refractivity contribution in [1.82, 2.24) is 15.5 Å². The maximum atomic E-state index is 5.49. The summed E-state index contributed by atoms with van der Waals surface area (Å²) in [5, 5.41) is 7.69. The fourth-order valence-electron chi connectivity index (χ4n) is 2.94. The van der Waals surface area contributed by atoms with Gasteiger partial charge in [-0.05, 0) is 38.8 Å². The summed E-state index contributed by atoms with van der Waals surface area (Å²) in [7, 11) is 0. The molecule has 3 rings (SSSR count). The zero-order chi connectivity index (χ0) is 13.9. The fourth-order valence-corrected chi connectivity index (χ4v) is 2.94. The first-order valence-corrected chi connectivity index (χ1v) is 7.41. The van der Waals surface area contributed by atoms with Crippen molar-refractivity contribution in [1.29, 1.82) is 0 Å². The van der Waals surface area contributed by atoms with Crippen LogP contribution in [0.1, 0.15) is 50.2 Å². The smallest absolute Gasteiger partial charge is 0.231 e. The Balaban J connectivity index is 1.78. The second kappa shape index (κ2) is 5.79. The second-order valence-corrected chi connectivity index (χ2v) is 5.44. The standard InChI is InChI=1S/C15H21N3O2/c1-3-8-16-13-6-4-5-12(13)15-17-14(18-20-15)11-7-9-19-10(11)2/h7,9,12-13,16H,3-6,8H2,1-2H3. The maximum absolute atomic E-state index is 5.49. The monoisotopic (exact) mass is 275 g/mol. The summed E-state index contributed by atoms with van der Waals surface area (Å²) in [5.74, 6) is 2.55. The van der Waals surface area contributed by atoms with Crippen LogP contribution >= 0.6 is 0 Å². The van der Waals surface area contributed by atoms with Crippen LogP contribution in [0.4, 0.5) is 0 Å². The molecule has 0 spiro atoms. The Morgan fingerprint density at radius 1 is 1.40 bits per heavy atom. The third-order valence-corrected chi connectivity index (χ3v) is 4.03. The minimum atomic E-state index is 0.343. The normalized spacial score (nSPS) is 22.5. The van der Waals surface area contributed by atoms with Crippen LogP contribution < -0.4 is 5.32 Å². The molecule has 2 aromatic rings. The van der Waals surface area contributed by atoms with E-state index in [1.54, 1.807) is 6.26 Å². The molecule has 0 amide bonds. The highest BCUT2D eigenvalue weighted by atomic mass is 16.5. The van der Waals surface area contributed by atoms with Crippen molar-refractivity contribution in [2.45, 2.75) is 51.5 Å². The average molecular weight is 275 g/mol. The first kappa shape index (κ1) is 13.4. The predicted octanol–water partition coefficient (Wildman–Crippen LogP) is 3.27. The molecular formula is C15H21N3O2. The molecule has 2 aromatic heterocycles. The highest BCUT2D eigenvalue weighted by molar-refractivity contribution is 5.56. The zero-order valence-corrected chi connectivity index (χ0v) is 12.1. The Labute approximate surface area is 118 Å². The van der Waals surface area contributed by atoms with E-state index in [9.17, 15) is 0 Å².